The lowest BCUT2D eigenvalue weighted by molar-refractivity contribution is -0.116. The Balaban J connectivity index is 2.21. The number of rotatable bonds is 2. The fraction of sp³-hybridized carbons (Fsp3) is 0.214. The van der Waals surface area contributed by atoms with Crippen molar-refractivity contribution in [1.82, 2.24) is 5.32 Å². The van der Waals surface area contributed by atoms with E-state index in [1.165, 1.54) is 0 Å². The highest BCUT2D eigenvalue weighted by Crippen LogP contribution is 2.43. The minimum Gasteiger partial charge on any atom is -0.308 e. The fourth-order valence-corrected chi connectivity index (χ4v) is 3.92. The number of nitrogens with zero attached hydrogens (tertiary/aromatic N) is 1. The van der Waals surface area contributed by atoms with Gasteiger partial charge in [-0.05, 0) is 24.6 Å². The monoisotopic (exact) mass is 382 g/mol. The zero-order valence-corrected chi connectivity index (χ0v) is 14.3. The van der Waals surface area contributed by atoms with Crippen molar-refractivity contribution in [3.63, 3.8) is 0 Å². The number of carbonyl (C=O) groups is 2. The number of fused-ring (bicyclic) bond motifs is 1. The highest BCUT2D eigenvalue weighted by Gasteiger charge is 2.38. The molecule has 0 bridgehead atoms. The predicted octanol–water partition coefficient (Wildman–Crippen LogP) is 3.06. The summed E-state index contributed by atoms with van der Waals surface area (Å²) in [5.41, 5.74) is 2.08. The Morgan fingerprint density at radius 3 is 2.76 bits per heavy atom. The highest BCUT2D eigenvalue weighted by atomic mass is 79.9. The van der Waals surface area contributed by atoms with Crippen molar-refractivity contribution in [2.45, 2.75) is 13.3 Å². The van der Waals surface area contributed by atoms with Crippen molar-refractivity contribution in [2.24, 2.45) is 0 Å². The Bertz CT molecular complexity index is 715. The van der Waals surface area contributed by atoms with Gasteiger partial charge in [-0.15, -0.1) is 0 Å². The second-order valence-electron chi connectivity index (χ2n) is 4.67. The Hall–Kier alpha value is -1.18. The first kappa shape index (κ1) is 14.7. The van der Waals surface area contributed by atoms with Gasteiger partial charge in [0.05, 0.1) is 16.2 Å². The molecule has 0 unspecified atom stereocenters. The summed E-state index contributed by atoms with van der Waals surface area (Å²) in [6.45, 7) is 2.64. The molecule has 0 atom stereocenters. The number of hydrogen-bond acceptors (Lipinski definition) is 4. The third-order valence-corrected chi connectivity index (χ3v) is 5.00. The van der Waals surface area contributed by atoms with Gasteiger partial charge in [-0.1, -0.05) is 46.8 Å². The van der Waals surface area contributed by atoms with E-state index in [0.717, 1.165) is 33.9 Å². The van der Waals surface area contributed by atoms with Gasteiger partial charge in [0.25, 0.3) is 11.8 Å². The van der Waals surface area contributed by atoms with E-state index in [-0.39, 0.29) is 11.8 Å². The van der Waals surface area contributed by atoms with E-state index in [4.69, 9.17) is 12.2 Å². The normalized spacial score (nSPS) is 21.0. The molecule has 0 spiro atoms. The van der Waals surface area contributed by atoms with Crippen LogP contribution in [0.3, 0.4) is 0 Å². The predicted molar refractivity (Wildman–Crippen MR) is 92.0 cm³/mol. The molecule has 1 saturated heterocycles. The third kappa shape index (κ3) is 2.43. The number of carbonyl (C=O) groups excluding carboxylic acids is 2. The van der Waals surface area contributed by atoms with Crippen LogP contribution in [0.4, 0.5) is 5.69 Å². The van der Waals surface area contributed by atoms with Crippen molar-refractivity contribution in [2.75, 3.05) is 11.4 Å². The second-order valence-corrected chi connectivity index (χ2v) is 7.27. The van der Waals surface area contributed by atoms with E-state index in [0.29, 0.717) is 21.3 Å². The summed E-state index contributed by atoms with van der Waals surface area (Å²) in [6, 6.07) is 5.67. The number of hydrogen-bond donors (Lipinski definition) is 1. The van der Waals surface area contributed by atoms with Crippen molar-refractivity contribution >= 4 is 67.3 Å². The molecule has 108 valence electrons. The first-order valence-corrected chi connectivity index (χ1v) is 8.44. The quantitative estimate of drug-likeness (QED) is 0.630. The lowest BCUT2D eigenvalue weighted by atomic mass is 10.1. The molecule has 2 heterocycles. The molecule has 21 heavy (non-hydrogen) atoms. The first-order chi connectivity index (χ1) is 10.0. The van der Waals surface area contributed by atoms with Gasteiger partial charge in [0.1, 0.15) is 4.32 Å². The van der Waals surface area contributed by atoms with Crippen LogP contribution in [0.2, 0.25) is 0 Å². The van der Waals surface area contributed by atoms with Gasteiger partial charge < -0.3 is 10.2 Å². The van der Waals surface area contributed by atoms with Crippen LogP contribution in [0.5, 0.6) is 0 Å². The fourth-order valence-electron chi connectivity index (χ4n) is 2.45. The molecule has 2 aliphatic heterocycles. The Morgan fingerprint density at radius 2 is 2.14 bits per heavy atom. The molecule has 4 nitrogen and oxygen atoms in total. The van der Waals surface area contributed by atoms with Crippen LogP contribution in [0.15, 0.2) is 27.6 Å². The SMILES string of the molecule is CCCN1C(=O)C(=C2SC(=S)NC2=O)c2cc(Br)ccc21. The van der Waals surface area contributed by atoms with Crippen LogP contribution < -0.4 is 10.2 Å². The molecule has 0 aromatic heterocycles. The van der Waals surface area contributed by atoms with Crippen LogP contribution in [0.1, 0.15) is 18.9 Å². The molecule has 2 amide bonds. The number of halogens is 1. The molecule has 7 heteroatoms. The average Bonchev–Trinajstić information content (AvgIpc) is 2.88. The van der Waals surface area contributed by atoms with Crippen LogP contribution in [0.25, 0.3) is 5.57 Å². The van der Waals surface area contributed by atoms with Crippen molar-refractivity contribution < 1.29 is 9.59 Å². The maximum absolute atomic E-state index is 12.7. The molecule has 1 aromatic rings. The molecule has 2 aliphatic rings. The minimum absolute atomic E-state index is 0.132. The largest absolute Gasteiger partial charge is 0.308 e. The van der Waals surface area contributed by atoms with Crippen LogP contribution >= 0.6 is 39.9 Å². The molecular weight excluding hydrogens is 372 g/mol. The molecule has 1 aromatic carbocycles. The van der Waals surface area contributed by atoms with Gasteiger partial charge in [0.15, 0.2) is 0 Å². The zero-order valence-electron chi connectivity index (χ0n) is 11.1. The lowest BCUT2D eigenvalue weighted by Gasteiger charge is -2.15. The maximum Gasteiger partial charge on any atom is 0.264 e. The standard InChI is InChI=1S/C14H11BrN2O2S2/c1-2-5-17-9-4-3-7(15)6-8(9)10(13(17)19)11-12(18)16-14(20)21-11/h3-4,6H,2,5H2,1H3,(H,16,18,20). The number of benzene rings is 1. The number of amides is 2. The summed E-state index contributed by atoms with van der Waals surface area (Å²) in [7, 11) is 0. The summed E-state index contributed by atoms with van der Waals surface area (Å²) < 4.78 is 1.26. The Kier molecular flexibility index (Phi) is 3.90. The van der Waals surface area contributed by atoms with E-state index in [2.05, 4.69) is 21.2 Å². The number of anilines is 1. The molecule has 0 radical (unpaired) electrons. The Morgan fingerprint density at radius 1 is 1.38 bits per heavy atom. The van der Waals surface area contributed by atoms with Crippen molar-refractivity contribution in [1.29, 1.82) is 0 Å². The van der Waals surface area contributed by atoms with Gasteiger partial charge in [0.2, 0.25) is 0 Å². The van der Waals surface area contributed by atoms with E-state index >= 15 is 0 Å². The summed E-state index contributed by atoms with van der Waals surface area (Å²) in [4.78, 5) is 26.8. The van der Waals surface area contributed by atoms with Crippen LogP contribution in [-0.4, -0.2) is 22.7 Å². The molecule has 0 saturated carbocycles. The van der Waals surface area contributed by atoms with Crippen LogP contribution in [-0.2, 0) is 9.59 Å². The topological polar surface area (TPSA) is 49.4 Å². The third-order valence-electron chi connectivity index (χ3n) is 3.27. The first-order valence-electron chi connectivity index (χ1n) is 6.42. The van der Waals surface area contributed by atoms with E-state index in [1.54, 1.807) is 4.90 Å². The van der Waals surface area contributed by atoms with Crippen LogP contribution in [0, 0.1) is 0 Å². The molecule has 3 rings (SSSR count). The lowest BCUT2D eigenvalue weighted by Crippen LogP contribution is -2.27. The molecule has 1 N–H and O–H groups in total. The number of thiocarbonyl (C=S) groups is 1. The van der Waals surface area contributed by atoms with Gasteiger partial charge in [-0.3, -0.25) is 9.59 Å². The highest BCUT2D eigenvalue weighted by molar-refractivity contribution is 9.10. The smallest absolute Gasteiger partial charge is 0.264 e. The Labute approximate surface area is 140 Å². The average molecular weight is 383 g/mol. The number of thioether (sulfide) groups is 1. The van der Waals surface area contributed by atoms with Crippen molar-refractivity contribution in [3.8, 4) is 0 Å². The second kappa shape index (κ2) is 5.55. The van der Waals surface area contributed by atoms with Gasteiger partial charge in [-0.25, -0.2) is 0 Å². The molecule has 1 fully saturated rings. The summed E-state index contributed by atoms with van der Waals surface area (Å²) >= 11 is 9.59. The van der Waals surface area contributed by atoms with Gasteiger partial charge in [-0.2, -0.15) is 0 Å². The molecule has 0 aliphatic carbocycles. The van der Waals surface area contributed by atoms with E-state index in [9.17, 15) is 9.59 Å². The minimum atomic E-state index is -0.294. The van der Waals surface area contributed by atoms with Gasteiger partial charge in [0, 0.05) is 16.6 Å². The van der Waals surface area contributed by atoms with E-state index < -0.39 is 0 Å². The zero-order chi connectivity index (χ0) is 15.1. The summed E-state index contributed by atoms with van der Waals surface area (Å²) in [6.07, 6.45) is 0.849. The van der Waals surface area contributed by atoms with E-state index in [1.807, 2.05) is 25.1 Å². The van der Waals surface area contributed by atoms with Crippen molar-refractivity contribution in [3.05, 3.63) is 33.1 Å². The van der Waals surface area contributed by atoms with Gasteiger partial charge >= 0.3 is 0 Å². The summed E-state index contributed by atoms with van der Waals surface area (Å²) in [5.74, 6) is -0.426. The molecular formula is C14H11BrN2O2S2. The summed E-state index contributed by atoms with van der Waals surface area (Å²) in [5, 5.41) is 2.57. The number of nitrogens with one attached hydrogen (secondary N) is 1. The maximum atomic E-state index is 12.7.